The fourth-order valence-electron chi connectivity index (χ4n) is 4.45. The van der Waals surface area contributed by atoms with Gasteiger partial charge in [-0.2, -0.15) is 13.2 Å². The highest BCUT2D eigenvalue weighted by atomic mass is 19.4. The Bertz CT molecular complexity index is 835. The van der Waals surface area contributed by atoms with Gasteiger partial charge in [-0.1, -0.05) is 0 Å². The van der Waals surface area contributed by atoms with Gasteiger partial charge >= 0.3 is 18.2 Å². The van der Waals surface area contributed by atoms with Crippen molar-refractivity contribution in [3.8, 4) is 0 Å². The Morgan fingerprint density at radius 1 is 1.00 bits per heavy atom. The second-order valence-electron chi connectivity index (χ2n) is 9.61. The first-order valence-corrected chi connectivity index (χ1v) is 11.0. The molecule has 1 aromatic carbocycles. The number of carbonyl (C=O) groups excluding carboxylic acids is 1. The normalized spacial score (nSPS) is 22.6. The Balaban J connectivity index is 1.78. The lowest BCUT2D eigenvalue weighted by molar-refractivity contribution is -0.142. The summed E-state index contributed by atoms with van der Waals surface area (Å²) in [7, 11) is 0. The molecule has 0 radical (unpaired) electrons. The first-order chi connectivity index (χ1) is 14.8. The molecule has 1 saturated heterocycles. The van der Waals surface area contributed by atoms with Crippen LogP contribution in [0.3, 0.4) is 0 Å². The van der Waals surface area contributed by atoms with Crippen molar-refractivity contribution in [2.75, 3.05) is 31.1 Å². The zero-order valence-corrected chi connectivity index (χ0v) is 18.7. The molecule has 1 aromatic rings. The van der Waals surface area contributed by atoms with Gasteiger partial charge in [0.15, 0.2) is 0 Å². The third-order valence-corrected chi connectivity index (χ3v) is 6.14. The van der Waals surface area contributed by atoms with Crippen LogP contribution in [0, 0.1) is 5.92 Å². The lowest BCUT2D eigenvalue weighted by Gasteiger charge is -2.39. The highest BCUT2D eigenvalue weighted by Crippen LogP contribution is 2.42. The number of carbonyl (C=O) groups is 2. The van der Waals surface area contributed by atoms with Crippen LogP contribution < -0.4 is 4.90 Å². The smallest absolute Gasteiger partial charge is 0.416 e. The van der Waals surface area contributed by atoms with Gasteiger partial charge in [0, 0.05) is 31.9 Å². The molecule has 6 nitrogen and oxygen atoms in total. The summed E-state index contributed by atoms with van der Waals surface area (Å²) >= 11 is 0. The van der Waals surface area contributed by atoms with E-state index >= 15 is 0 Å². The molecule has 1 saturated carbocycles. The minimum atomic E-state index is -4.44. The summed E-state index contributed by atoms with van der Waals surface area (Å²) in [6.45, 7) is 7.21. The predicted octanol–water partition coefficient (Wildman–Crippen LogP) is 5.12. The van der Waals surface area contributed by atoms with Crippen LogP contribution in [0.5, 0.6) is 0 Å². The number of aliphatic carboxylic acids is 1. The molecular formula is C23H31F3N2O4. The van der Waals surface area contributed by atoms with Crippen LogP contribution in [-0.2, 0) is 15.7 Å². The van der Waals surface area contributed by atoms with E-state index < -0.39 is 35.3 Å². The van der Waals surface area contributed by atoms with E-state index in [1.165, 1.54) is 12.1 Å². The van der Waals surface area contributed by atoms with Gasteiger partial charge in [0.2, 0.25) is 0 Å². The monoisotopic (exact) mass is 456 g/mol. The summed E-state index contributed by atoms with van der Waals surface area (Å²) in [4.78, 5) is 27.2. The molecule has 0 aromatic heterocycles. The van der Waals surface area contributed by atoms with Crippen LogP contribution in [0.4, 0.5) is 23.7 Å². The van der Waals surface area contributed by atoms with E-state index in [2.05, 4.69) is 0 Å². The highest BCUT2D eigenvalue weighted by molar-refractivity contribution is 5.70. The summed E-state index contributed by atoms with van der Waals surface area (Å²) in [5, 5.41) is 9.25. The summed E-state index contributed by atoms with van der Waals surface area (Å²) < 4.78 is 45.6. The van der Waals surface area contributed by atoms with Crippen molar-refractivity contribution >= 4 is 17.7 Å². The largest absolute Gasteiger partial charge is 0.481 e. The number of nitrogens with zero attached hydrogens (tertiary/aromatic N) is 2. The second kappa shape index (κ2) is 9.19. The Kier molecular flexibility index (Phi) is 6.95. The predicted molar refractivity (Wildman–Crippen MR) is 114 cm³/mol. The Morgan fingerprint density at radius 2 is 1.59 bits per heavy atom. The molecule has 2 aliphatic rings. The van der Waals surface area contributed by atoms with Crippen molar-refractivity contribution in [1.29, 1.82) is 0 Å². The molecular weight excluding hydrogens is 425 g/mol. The molecule has 1 aliphatic heterocycles. The van der Waals surface area contributed by atoms with Crippen molar-refractivity contribution in [2.24, 2.45) is 5.92 Å². The van der Waals surface area contributed by atoms with E-state index in [-0.39, 0.29) is 5.92 Å². The fraction of sp³-hybridized carbons (Fsp3) is 0.652. The van der Waals surface area contributed by atoms with Crippen LogP contribution in [0.15, 0.2) is 18.2 Å². The van der Waals surface area contributed by atoms with Crippen LogP contribution in [0.25, 0.3) is 0 Å². The SMILES string of the molecule is CC(C)(C)OC(=O)N1CCN(c2ccc(C(F)(F)F)cc2C2CCC(C(=O)O)CC2)CC1. The van der Waals surface area contributed by atoms with Gasteiger partial charge in [0.1, 0.15) is 5.60 Å². The third kappa shape index (κ3) is 5.86. The number of alkyl halides is 3. The maximum Gasteiger partial charge on any atom is 0.416 e. The Morgan fingerprint density at radius 3 is 2.09 bits per heavy atom. The third-order valence-electron chi connectivity index (χ3n) is 6.14. The van der Waals surface area contributed by atoms with E-state index in [9.17, 15) is 27.9 Å². The number of hydrogen-bond acceptors (Lipinski definition) is 4. The van der Waals surface area contributed by atoms with Gasteiger partial charge in [0.25, 0.3) is 0 Å². The summed E-state index contributed by atoms with van der Waals surface area (Å²) in [5.74, 6) is -1.39. The zero-order valence-electron chi connectivity index (χ0n) is 18.7. The maximum absolute atomic E-state index is 13.4. The number of benzene rings is 1. The number of rotatable bonds is 3. The van der Waals surface area contributed by atoms with E-state index in [1.54, 1.807) is 25.7 Å². The molecule has 1 heterocycles. The number of piperazine rings is 1. The van der Waals surface area contributed by atoms with Crippen molar-refractivity contribution in [1.82, 2.24) is 4.90 Å². The Hall–Kier alpha value is -2.45. The molecule has 9 heteroatoms. The van der Waals surface area contributed by atoms with Crippen LogP contribution in [0.2, 0.25) is 0 Å². The van der Waals surface area contributed by atoms with Crippen LogP contribution in [-0.4, -0.2) is 53.8 Å². The number of carboxylic acid groups (broad SMARTS) is 1. The number of carboxylic acids is 1. The number of anilines is 1. The van der Waals surface area contributed by atoms with Gasteiger partial charge in [0.05, 0.1) is 11.5 Å². The van der Waals surface area contributed by atoms with Crippen molar-refractivity contribution in [2.45, 2.75) is 64.1 Å². The average Bonchev–Trinajstić information content (AvgIpc) is 2.71. The fourth-order valence-corrected chi connectivity index (χ4v) is 4.45. The number of halogens is 3. The molecule has 0 bridgehead atoms. The lowest BCUT2D eigenvalue weighted by Crippen LogP contribution is -2.50. The molecule has 1 amide bonds. The lowest BCUT2D eigenvalue weighted by atomic mass is 9.77. The number of ether oxygens (including phenoxy) is 1. The molecule has 1 N–H and O–H groups in total. The minimum Gasteiger partial charge on any atom is -0.481 e. The van der Waals surface area contributed by atoms with Gasteiger partial charge in [-0.25, -0.2) is 4.79 Å². The summed E-state index contributed by atoms with van der Waals surface area (Å²) in [6.07, 6.45) is -2.82. The molecule has 1 aliphatic carbocycles. The molecule has 2 fully saturated rings. The topological polar surface area (TPSA) is 70.1 Å². The second-order valence-corrected chi connectivity index (χ2v) is 9.61. The van der Waals surface area contributed by atoms with E-state index in [0.29, 0.717) is 57.4 Å². The van der Waals surface area contributed by atoms with Gasteiger partial charge < -0.3 is 19.6 Å². The van der Waals surface area contributed by atoms with Gasteiger partial charge in [-0.3, -0.25) is 4.79 Å². The Labute approximate surface area is 186 Å². The first-order valence-electron chi connectivity index (χ1n) is 11.0. The van der Waals surface area contributed by atoms with Crippen molar-refractivity contribution in [3.63, 3.8) is 0 Å². The van der Waals surface area contributed by atoms with E-state index in [0.717, 1.165) is 11.8 Å². The van der Waals surface area contributed by atoms with Crippen molar-refractivity contribution in [3.05, 3.63) is 29.3 Å². The maximum atomic E-state index is 13.4. The molecule has 0 atom stereocenters. The average molecular weight is 457 g/mol. The molecule has 32 heavy (non-hydrogen) atoms. The van der Waals surface area contributed by atoms with E-state index in [1.807, 2.05) is 4.90 Å². The quantitative estimate of drug-likeness (QED) is 0.684. The number of amides is 1. The van der Waals surface area contributed by atoms with Gasteiger partial charge in [-0.05, 0) is 76.1 Å². The molecule has 0 unspecified atom stereocenters. The zero-order chi connectivity index (χ0) is 23.7. The molecule has 0 spiro atoms. The molecule has 178 valence electrons. The van der Waals surface area contributed by atoms with Crippen molar-refractivity contribution < 1.29 is 32.6 Å². The first kappa shape index (κ1) is 24.2. The summed E-state index contributed by atoms with van der Waals surface area (Å²) in [6, 6.07) is 3.84. The standard InChI is InChI=1S/C23H31F3N2O4/c1-22(2,3)32-21(31)28-12-10-27(11-13-28)19-9-8-17(23(24,25)26)14-18(19)15-4-6-16(7-5-15)20(29)30/h8-9,14-16H,4-7,10-13H2,1-3H3,(H,29,30). The summed E-state index contributed by atoms with van der Waals surface area (Å²) in [5.41, 5.74) is 0.0721. The minimum absolute atomic E-state index is 0.119. The van der Waals surface area contributed by atoms with Crippen LogP contribution in [0.1, 0.15) is 63.5 Å². The highest BCUT2D eigenvalue weighted by Gasteiger charge is 2.35. The molecule has 3 rings (SSSR count). The van der Waals surface area contributed by atoms with Crippen LogP contribution >= 0.6 is 0 Å². The van der Waals surface area contributed by atoms with E-state index in [4.69, 9.17) is 4.74 Å². The van der Waals surface area contributed by atoms with Gasteiger partial charge in [-0.15, -0.1) is 0 Å². The number of hydrogen-bond donors (Lipinski definition) is 1.